The topological polar surface area (TPSA) is 21.6 Å². The second-order valence-corrected chi connectivity index (χ2v) is 1.80. The van der Waals surface area contributed by atoms with Crippen LogP contribution in [0.3, 0.4) is 0 Å². The Morgan fingerprint density at radius 1 is 1.86 bits per heavy atom. The van der Waals surface area contributed by atoms with Crippen molar-refractivity contribution < 1.29 is 4.18 Å². The van der Waals surface area contributed by atoms with E-state index in [2.05, 4.69) is 8.58 Å². The van der Waals surface area contributed by atoms with Gasteiger partial charge in [-0.2, -0.15) is 4.40 Å². The molecule has 0 fully saturated rings. The van der Waals surface area contributed by atoms with Crippen LogP contribution in [0.15, 0.2) is 16.7 Å². The molecule has 0 atom stereocenters. The molecule has 7 heavy (non-hydrogen) atoms. The summed E-state index contributed by atoms with van der Waals surface area (Å²) in [6.45, 7) is 0. The SMILES string of the molecule is ClC1=NSOC=C1. The molecule has 0 saturated carbocycles. The quantitative estimate of drug-likeness (QED) is 0.373. The van der Waals surface area contributed by atoms with Gasteiger partial charge in [0.15, 0.2) is 0 Å². The molecule has 0 aliphatic carbocycles. The van der Waals surface area contributed by atoms with E-state index in [4.69, 9.17) is 11.6 Å². The maximum absolute atomic E-state index is 5.38. The van der Waals surface area contributed by atoms with Crippen molar-refractivity contribution in [1.82, 2.24) is 0 Å². The van der Waals surface area contributed by atoms with Gasteiger partial charge in [-0.3, -0.25) is 0 Å². The van der Waals surface area contributed by atoms with Crippen molar-refractivity contribution in [2.24, 2.45) is 4.40 Å². The molecule has 0 aromatic carbocycles. The Kier molecular flexibility index (Phi) is 1.59. The van der Waals surface area contributed by atoms with Gasteiger partial charge >= 0.3 is 0 Å². The van der Waals surface area contributed by atoms with E-state index in [0.29, 0.717) is 5.17 Å². The molecule has 0 spiro atoms. The zero-order valence-electron chi connectivity index (χ0n) is 3.30. The van der Waals surface area contributed by atoms with E-state index in [1.807, 2.05) is 0 Å². The first-order valence-electron chi connectivity index (χ1n) is 1.62. The number of allylic oxidation sites excluding steroid dienone is 1. The van der Waals surface area contributed by atoms with Crippen molar-refractivity contribution in [1.29, 1.82) is 0 Å². The minimum Gasteiger partial charge on any atom is -0.412 e. The van der Waals surface area contributed by atoms with Gasteiger partial charge in [-0.25, -0.2) is 0 Å². The van der Waals surface area contributed by atoms with Gasteiger partial charge < -0.3 is 4.18 Å². The smallest absolute Gasteiger partial charge is 0.202 e. The molecular weight excluding hydrogens is 134 g/mol. The Morgan fingerprint density at radius 3 is 3.00 bits per heavy atom. The summed E-state index contributed by atoms with van der Waals surface area (Å²) in [7, 11) is 0. The van der Waals surface area contributed by atoms with Gasteiger partial charge in [0.25, 0.3) is 0 Å². The Labute approximate surface area is 50.6 Å². The fourth-order valence-electron chi connectivity index (χ4n) is 0.196. The zero-order valence-corrected chi connectivity index (χ0v) is 4.87. The maximum atomic E-state index is 5.38. The standard InChI is InChI=1S/C3H2ClNOS/c4-3-1-2-6-7-5-3/h1-2H. The number of hydrogen-bond donors (Lipinski definition) is 0. The van der Waals surface area contributed by atoms with Gasteiger partial charge in [0.1, 0.15) is 11.4 Å². The lowest BCUT2D eigenvalue weighted by Crippen LogP contribution is -1.81. The van der Waals surface area contributed by atoms with Gasteiger partial charge in [0.2, 0.25) is 12.2 Å². The highest BCUT2D eigenvalue weighted by molar-refractivity contribution is 7.93. The summed E-state index contributed by atoms with van der Waals surface area (Å²) in [6.07, 6.45) is 3.07. The Bertz CT molecular complexity index is 122. The molecule has 4 heteroatoms. The highest BCUT2D eigenvalue weighted by atomic mass is 35.5. The number of hydrogen-bond acceptors (Lipinski definition) is 3. The number of rotatable bonds is 0. The number of halogens is 1. The Balaban J connectivity index is 2.58. The van der Waals surface area contributed by atoms with E-state index in [0.717, 1.165) is 12.2 Å². The third kappa shape index (κ3) is 1.41. The molecule has 0 radical (unpaired) electrons. The minimum absolute atomic E-state index is 0.469. The zero-order chi connectivity index (χ0) is 5.11. The fourth-order valence-corrected chi connectivity index (χ4v) is 0.613. The monoisotopic (exact) mass is 135 g/mol. The van der Waals surface area contributed by atoms with Crippen LogP contribution in [0, 0.1) is 0 Å². The van der Waals surface area contributed by atoms with Gasteiger partial charge in [0, 0.05) is 6.08 Å². The lowest BCUT2D eigenvalue weighted by Gasteiger charge is -1.94. The largest absolute Gasteiger partial charge is 0.412 e. The summed E-state index contributed by atoms with van der Waals surface area (Å²) < 4.78 is 8.22. The molecule has 0 amide bonds. The molecule has 2 nitrogen and oxygen atoms in total. The second kappa shape index (κ2) is 2.23. The molecule has 0 aromatic heterocycles. The van der Waals surface area contributed by atoms with Crippen molar-refractivity contribution in [2.75, 3.05) is 0 Å². The number of nitrogens with zero attached hydrogens (tertiary/aromatic N) is 1. The minimum atomic E-state index is 0.469. The summed E-state index contributed by atoms with van der Waals surface area (Å²) in [6, 6.07) is 0. The molecule has 0 saturated heterocycles. The summed E-state index contributed by atoms with van der Waals surface area (Å²) in [4.78, 5) is 0. The lowest BCUT2D eigenvalue weighted by molar-refractivity contribution is 0.565. The van der Waals surface area contributed by atoms with E-state index in [1.165, 1.54) is 6.26 Å². The van der Waals surface area contributed by atoms with Crippen LogP contribution < -0.4 is 0 Å². The predicted octanol–water partition coefficient (Wildman–Crippen LogP) is 1.73. The molecule has 0 N–H and O–H groups in total. The van der Waals surface area contributed by atoms with Crippen molar-refractivity contribution in [3.05, 3.63) is 12.3 Å². The van der Waals surface area contributed by atoms with Crippen LogP contribution in [0.25, 0.3) is 0 Å². The summed E-state index contributed by atoms with van der Waals surface area (Å²) >= 11 is 6.35. The third-order valence-electron chi connectivity index (χ3n) is 0.429. The normalized spacial score (nSPS) is 18.1. The first kappa shape index (κ1) is 5.00. The highest BCUT2D eigenvalue weighted by Crippen LogP contribution is 2.11. The van der Waals surface area contributed by atoms with Crippen LogP contribution in [-0.2, 0) is 4.18 Å². The van der Waals surface area contributed by atoms with Gasteiger partial charge in [-0.05, 0) is 0 Å². The Morgan fingerprint density at radius 2 is 2.71 bits per heavy atom. The first-order valence-corrected chi connectivity index (χ1v) is 2.70. The molecule has 38 valence electrons. The van der Waals surface area contributed by atoms with E-state index in [1.54, 1.807) is 6.08 Å². The molecule has 0 unspecified atom stereocenters. The van der Waals surface area contributed by atoms with Crippen LogP contribution in [-0.4, -0.2) is 5.17 Å². The fraction of sp³-hybridized carbons (Fsp3) is 0. The highest BCUT2D eigenvalue weighted by Gasteiger charge is 1.92. The van der Waals surface area contributed by atoms with E-state index >= 15 is 0 Å². The molecule has 1 heterocycles. The van der Waals surface area contributed by atoms with E-state index < -0.39 is 0 Å². The third-order valence-corrected chi connectivity index (χ3v) is 1.21. The van der Waals surface area contributed by atoms with Gasteiger partial charge in [-0.15, -0.1) is 0 Å². The summed E-state index contributed by atoms with van der Waals surface area (Å²) in [5, 5.41) is 0.469. The van der Waals surface area contributed by atoms with Crippen molar-refractivity contribution in [2.45, 2.75) is 0 Å². The second-order valence-electron chi connectivity index (χ2n) is 0.888. The van der Waals surface area contributed by atoms with E-state index in [-0.39, 0.29) is 0 Å². The van der Waals surface area contributed by atoms with Crippen molar-refractivity contribution >= 4 is 29.0 Å². The van der Waals surface area contributed by atoms with Crippen molar-refractivity contribution in [3.8, 4) is 0 Å². The molecular formula is C3H2ClNOS. The maximum Gasteiger partial charge on any atom is 0.202 e. The molecule has 1 rings (SSSR count). The van der Waals surface area contributed by atoms with Gasteiger partial charge in [0.05, 0.1) is 0 Å². The molecule has 0 bridgehead atoms. The van der Waals surface area contributed by atoms with E-state index in [9.17, 15) is 0 Å². The van der Waals surface area contributed by atoms with Crippen LogP contribution in [0.5, 0.6) is 0 Å². The van der Waals surface area contributed by atoms with Gasteiger partial charge in [-0.1, -0.05) is 11.6 Å². The average molecular weight is 136 g/mol. The van der Waals surface area contributed by atoms with Crippen LogP contribution in [0.1, 0.15) is 0 Å². The molecule has 0 aromatic rings. The van der Waals surface area contributed by atoms with Crippen molar-refractivity contribution in [3.63, 3.8) is 0 Å². The predicted molar refractivity (Wildman–Crippen MR) is 31.1 cm³/mol. The van der Waals surface area contributed by atoms with Crippen LogP contribution >= 0.6 is 23.8 Å². The summed E-state index contributed by atoms with van der Waals surface area (Å²) in [5.41, 5.74) is 0. The van der Waals surface area contributed by atoms with Crippen LogP contribution in [0.2, 0.25) is 0 Å². The molecule has 1 aliphatic rings. The summed E-state index contributed by atoms with van der Waals surface area (Å²) in [5.74, 6) is 0. The Hall–Kier alpha value is -0.150. The van der Waals surface area contributed by atoms with Crippen LogP contribution in [0.4, 0.5) is 0 Å². The first-order chi connectivity index (χ1) is 3.39. The molecule has 1 aliphatic heterocycles. The average Bonchev–Trinajstić information content (AvgIpc) is 1.69. The lowest BCUT2D eigenvalue weighted by atomic mass is 10.7.